The molecule has 1 aliphatic rings. The Morgan fingerprint density at radius 1 is 1.44 bits per heavy atom. The summed E-state index contributed by atoms with van der Waals surface area (Å²) in [6, 6.07) is 3.69. The lowest BCUT2D eigenvalue weighted by Gasteiger charge is -2.14. The van der Waals surface area contributed by atoms with Gasteiger partial charge in [-0.2, -0.15) is 0 Å². The highest BCUT2D eigenvalue weighted by Crippen LogP contribution is 2.38. The van der Waals surface area contributed by atoms with E-state index in [1.807, 2.05) is 6.07 Å². The second-order valence-electron chi connectivity index (χ2n) is 3.98. The summed E-state index contributed by atoms with van der Waals surface area (Å²) in [6.45, 7) is 0.776. The zero-order chi connectivity index (χ0) is 11.5. The molecule has 1 aromatic rings. The van der Waals surface area contributed by atoms with Gasteiger partial charge < -0.3 is 9.47 Å². The molecule has 1 aromatic carbocycles. The quantitative estimate of drug-likeness (QED) is 0.765. The summed E-state index contributed by atoms with van der Waals surface area (Å²) >= 11 is 9.43. The van der Waals surface area contributed by atoms with Crippen molar-refractivity contribution in [3.05, 3.63) is 22.7 Å². The average molecular weight is 306 g/mol. The Morgan fingerprint density at radius 2 is 2.19 bits per heavy atom. The fourth-order valence-electron chi connectivity index (χ4n) is 1.52. The van der Waals surface area contributed by atoms with Gasteiger partial charge in [-0.25, -0.2) is 0 Å². The third kappa shape index (κ3) is 2.83. The highest BCUT2D eigenvalue weighted by atomic mass is 79.9. The molecule has 0 aliphatic heterocycles. The van der Waals surface area contributed by atoms with Crippen LogP contribution in [0.25, 0.3) is 0 Å². The number of methoxy groups -OCH3 is 1. The second kappa shape index (κ2) is 5.28. The second-order valence-corrected chi connectivity index (χ2v) is 4.98. The fraction of sp³-hybridized carbons (Fsp3) is 0.500. The lowest BCUT2D eigenvalue weighted by molar-refractivity contribution is 0.278. The minimum absolute atomic E-state index is 0.671. The first-order chi connectivity index (χ1) is 7.74. The Labute approximate surface area is 109 Å². The van der Waals surface area contributed by atoms with Gasteiger partial charge in [0.25, 0.3) is 0 Å². The molecule has 1 aliphatic carbocycles. The first kappa shape index (κ1) is 12.1. The smallest absolute Gasteiger partial charge is 0.165 e. The Hall–Kier alpha value is -0.410. The zero-order valence-corrected chi connectivity index (χ0v) is 11.5. The lowest BCUT2D eigenvalue weighted by Crippen LogP contribution is -2.03. The predicted molar refractivity (Wildman–Crippen MR) is 68.9 cm³/mol. The van der Waals surface area contributed by atoms with Gasteiger partial charge in [0, 0.05) is 22.0 Å². The molecule has 1 saturated carbocycles. The molecule has 0 atom stereocenters. The van der Waals surface area contributed by atoms with Crippen LogP contribution < -0.4 is 9.47 Å². The lowest BCUT2D eigenvalue weighted by atomic mass is 10.2. The van der Waals surface area contributed by atoms with E-state index < -0.39 is 0 Å². The molecule has 0 bridgehead atoms. The normalized spacial score (nSPS) is 14.9. The molecule has 2 nitrogen and oxygen atoms in total. The number of benzene rings is 1. The molecule has 4 heteroatoms. The van der Waals surface area contributed by atoms with Gasteiger partial charge in [0.2, 0.25) is 0 Å². The molecule has 1 fully saturated rings. The van der Waals surface area contributed by atoms with Gasteiger partial charge in [0.15, 0.2) is 11.5 Å². The van der Waals surface area contributed by atoms with Crippen LogP contribution in [0.15, 0.2) is 12.1 Å². The Bertz CT molecular complexity index is 352. The largest absolute Gasteiger partial charge is 0.493 e. The van der Waals surface area contributed by atoms with E-state index in [1.54, 1.807) is 13.2 Å². The van der Waals surface area contributed by atoms with Crippen molar-refractivity contribution in [2.45, 2.75) is 18.2 Å². The molecule has 2 rings (SSSR count). The van der Waals surface area contributed by atoms with Gasteiger partial charge >= 0.3 is 0 Å². The van der Waals surface area contributed by atoms with Crippen molar-refractivity contribution >= 4 is 27.5 Å². The minimum Gasteiger partial charge on any atom is -0.493 e. The van der Waals surface area contributed by atoms with Gasteiger partial charge in [-0.15, -0.1) is 0 Å². The van der Waals surface area contributed by atoms with Crippen LogP contribution in [-0.2, 0) is 5.33 Å². The summed E-state index contributed by atoms with van der Waals surface area (Å²) in [6.07, 6.45) is 2.55. The first-order valence-corrected chi connectivity index (χ1v) is 6.79. The van der Waals surface area contributed by atoms with Crippen molar-refractivity contribution in [3.63, 3.8) is 0 Å². The number of hydrogen-bond donors (Lipinski definition) is 0. The molecule has 0 unspecified atom stereocenters. The number of alkyl halides is 1. The molecule has 0 saturated heterocycles. The summed E-state index contributed by atoms with van der Waals surface area (Å²) < 4.78 is 11.1. The van der Waals surface area contributed by atoms with E-state index in [4.69, 9.17) is 21.1 Å². The molecular weight excluding hydrogens is 291 g/mol. The Kier molecular flexibility index (Phi) is 3.98. The van der Waals surface area contributed by atoms with Gasteiger partial charge in [0.1, 0.15) is 0 Å². The van der Waals surface area contributed by atoms with Crippen LogP contribution in [-0.4, -0.2) is 13.7 Å². The van der Waals surface area contributed by atoms with Crippen molar-refractivity contribution in [1.29, 1.82) is 0 Å². The summed E-state index contributed by atoms with van der Waals surface area (Å²) in [4.78, 5) is 0. The predicted octanol–water partition coefficient (Wildman–Crippen LogP) is 4.03. The summed E-state index contributed by atoms with van der Waals surface area (Å²) in [5.41, 5.74) is 1.03. The molecule has 0 heterocycles. The van der Waals surface area contributed by atoms with E-state index in [2.05, 4.69) is 15.9 Å². The maximum atomic E-state index is 6.00. The van der Waals surface area contributed by atoms with Crippen molar-refractivity contribution in [3.8, 4) is 11.5 Å². The number of rotatable bonds is 5. The molecule has 88 valence electrons. The van der Waals surface area contributed by atoms with Crippen LogP contribution >= 0.6 is 27.5 Å². The van der Waals surface area contributed by atoms with E-state index >= 15 is 0 Å². The number of halogens is 2. The van der Waals surface area contributed by atoms with Gasteiger partial charge in [0.05, 0.1) is 13.7 Å². The highest BCUT2D eigenvalue weighted by molar-refractivity contribution is 9.08. The average Bonchev–Trinajstić information content (AvgIpc) is 3.10. The highest BCUT2D eigenvalue weighted by Gasteiger charge is 2.23. The molecule has 16 heavy (non-hydrogen) atoms. The maximum Gasteiger partial charge on any atom is 0.165 e. The monoisotopic (exact) mass is 304 g/mol. The number of hydrogen-bond acceptors (Lipinski definition) is 2. The van der Waals surface area contributed by atoms with E-state index in [0.29, 0.717) is 16.1 Å². The van der Waals surface area contributed by atoms with Crippen LogP contribution in [0, 0.1) is 5.92 Å². The van der Waals surface area contributed by atoms with E-state index in [0.717, 1.165) is 23.8 Å². The van der Waals surface area contributed by atoms with Crippen molar-refractivity contribution in [1.82, 2.24) is 0 Å². The van der Waals surface area contributed by atoms with Crippen LogP contribution in [0.2, 0.25) is 5.02 Å². The SMILES string of the molecule is COc1cc(Cl)cc(CBr)c1OCC1CC1. The molecular formula is C12H14BrClO2. The van der Waals surface area contributed by atoms with Crippen molar-refractivity contribution in [2.24, 2.45) is 5.92 Å². The first-order valence-electron chi connectivity index (χ1n) is 5.29. The van der Waals surface area contributed by atoms with Gasteiger partial charge in [-0.05, 0) is 24.8 Å². The Morgan fingerprint density at radius 3 is 2.75 bits per heavy atom. The summed E-state index contributed by atoms with van der Waals surface area (Å²) in [7, 11) is 1.63. The maximum absolute atomic E-state index is 6.00. The molecule has 0 aromatic heterocycles. The van der Waals surface area contributed by atoms with E-state index in [-0.39, 0.29) is 0 Å². The molecule has 0 amide bonds. The van der Waals surface area contributed by atoms with Gasteiger partial charge in [-0.3, -0.25) is 0 Å². The summed E-state index contributed by atoms with van der Waals surface area (Å²) in [5.74, 6) is 2.25. The van der Waals surface area contributed by atoms with E-state index in [9.17, 15) is 0 Å². The minimum atomic E-state index is 0.671. The van der Waals surface area contributed by atoms with Crippen LogP contribution in [0.5, 0.6) is 11.5 Å². The third-order valence-corrected chi connectivity index (χ3v) is 3.44. The topological polar surface area (TPSA) is 18.5 Å². The fourth-order valence-corrected chi connectivity index (χ4v) is 2.17. The van der Waals surface area contributed by atoms with E-state index in [1.165, 1.54) is 12.8 Å². The van der Waals surface area contributed by atoms with Crippen LogP contribution in [0.4, 0.5) is 0 Å². The number of ether oxygens (including phenoxy) is 2. The van der Waals surface area contributed by atoms with Gasteiger partial charge in [-0.1, -0.05) is 27.5 Å². The molecule has 0 radical (unpaired) electrons. The standard InChI is InChI=1S/C12H14BrClO2/c1-15-11-5-10(14)4-9(6-13)12(11)16-7-8-2-3-8/h4-5,8H,2-3,6-7H2,1H3. The zero-order valence-electron chi connectivity index (χ0n) is 9.13. The van der Waals surface area contributed by atoms with Crippen LogP contribution in [0.3, 0.4) is 0 Å². The molecule has 0 spiro atoms. The summed E-state index contributed by atoms with van der Waals surface area (Å²) in [5, 5.41) is 1.38. The Balaban J connectivity index is 2.22. The van der Waals surface area contributed by atoms with Crippen molar-refractivity contribution in [2.75, 3.05) is 13.7 Å². The molecule has 0 N–H and O–H groups in total. The third-order valence-electron chi connectivity index (χ3n) is 2.62. The van der Waals surface area contributed by atoms with Crippen LogP contribution in [0.1, 0.15) is 18.4 Å². The van der Waals surface area contributed by atoms with Crippen molar-refractivity contribution < 1.29 is 9.47 Å².